The third-order valence-electron chi connectivity index (χ3n) is 3.08. The van der Waals surface area contributed by atoms with E-state index in [0.717, 1.165) is 25.3 Å². The van der Waals surface area contributed by atoms with Crippen LogP contribution in [-0.4, -0.2) is 37.2 Å². The van der Waals surface area contributed by atoms with E-state index in [-0.39, 0.29) is 5.97 Å². The SMILES string of the molecule is COC(=O)c1ccnc(NC2CCCCNC2)c1. The first-order chi connectivity index (χ1) is 8.79. The molecule has 1 aromatic rings. The second kappa shape index (κ2) is 6.35. The number of nitrogens with one attached hydrogen (secondary N) is 2. The van der Waals surface area contributed by atoms with E-state index in [2.05, 4.69) is 15.6 Å². The van der Waals surface area contributed by atoms with Crippen LogP contribution in [0.15, 0.2) is 18.3 Å². The van der Waals surface area contributed by atoms with E-state index >= 15 is 0 Å². The molecule has 0 bridgehead atoms. The Balaban J connectivity index is 2.01. The molecule has 1 fully saturated rings. The lowest BCUT2D eigenvalue weighted by Gasteiger charge is -2.17. The number of hydrogen-bond donors (Lipinski definition) is 2. The summed E-state index contributed by atoms with van der Waals surface area (Å²) in [7, 11) is 1.38. The van der Waals surface area contributed by atoms with Crippen molar-refractivity contribution >= 4 is 11.8 Å². The second-order valence-corrected chi connectivity index (χ2v) is 4.46. The fourth-order valence-corrected chi connectivity index (χ4v) is 2.11. The molecule has 1 aliphatic heterocycles. The number of carbonyl (C=O) groups excluding carboxylic acids is 1. The molecule has 5 heteroatoms. The van der Waals surface area contributed by atoms with Gasteiger partial charge in [-0.15, -0.1) is 0 Å². The van der Waals surface area contributed by atoms with Crippen LogP contribution < -0.4 is 10.6 Å². The Kier molecular flexibility index (Phi) is 4.52. The molecule has 5 nitrogen and oxygen atoms in total. The monoisotopic (exact) mass is 249 g/mol. The number of carbonyl (C=O) groups is 1. The molecule has 1 unspecified atom stereocenters. The standard InChI is InChI=1S/C13H19N3O2/c1-18-13(17)10-5-7-15-12(8-10)16-11-4-2-3-6-14-9-11/h5,7-8,11,14H,2-4,6,9H2,1H3,(H,15,16). The number of ether oxygens (including phenoxy) is 1. The van der Waals surface area contributed by atoms with Gasteiger partial charge in [0.25, 0.3) is 0 Å². The van der Waals surface area contributed by atoms with E-state index in [4.69, 9.17) is 4.74 Å². The van der Waals surface area contributed by atoms with E-state index in [0.29, 0.717) is 11.6 Å². The average Bonchev–Trinajstić information content (AvgIpc) is 2.67. The number of esters is 1. The Morgan fingerprint density at radius 2 is 2.44 bits per heavy atom. The topological polar surface area (TPSA) is 63.2 Å². The molecule has 0 spiro atoms. The molecular formula is C13H19N3O2. The minimum Gasteiger partial charge on any atom is -0.465 e. The van der Waals surface area contributed by atoms with Gasteiger partial charge in [-0.2, -0.15) is 0 Å². The molecule has 98 valence electrons. The molecule has 0 aliphatic carbocycles. The number of methoxy groups -OCH3 is 1. The third kappa shape index (κ3) is 3.43. The third-order valence-corrected chi connectivity index (χ3v) is 3.08. The molecule has 2 N–H and O–H groups in total. The summed E-state index contributed by atoms with van der Waals surface area (Å²) < 4.78 is 4.69. The summed E-state index contributed by atoms with van der Waals surface area (Å²) >= 11 is 0. The van der Waals surface area contributed by atoms with E-state index in [1.165, 1.54) is 20.0 Å². The zero-order chi connectivity index (χ0) is 12.8. The number of anilines is 1. The van der Waals surface area contributed by atoms with Crippen LogP contribution in [0.2, 0.25) is 0 Å². The summed E-state index contributed by atoms with van der Waals surface area (Å²) in [6.07, 6.45) is 5.17. The maximum atomic E-state index is 11.4. The molecule has 0 saturated carbocycles. The lowest BCUT2D eigenvalue weighted by atomic mass is 10.1. The highest BCUT2D eigenvalue weighted by Crippen LogP contribution is 2.13. The smallest absolute Gasteiger partial charge is 0.338 e. The molecule has 0 amide bonds. The minimum atomic E-state index is -0.334. The van der Waals surface area contributed by atoms with E-state index in [9.17, 15) is 4.79 Å². The van der Waals surface area contributed by atoms with Gasteiger partial charge in [-0.05, 0) is 31.5 Å². The number of hydrogen-bond acceptors (Lipinski definition) is 5. The maximum Gasteiger partial charge on any atom is 0.338 e. The zero-order valence-electron chi connectivity index (χ0n) is 10.6. The van der Waals surface area contributed by atoms with Gasteiger partial charge in [0.15, 0.2) is 0 Å². The Morgan fingerprint density at radius 1 is 1.56 bits per heavy atom. The molecule has 0 radical (unpaired) electrons. The van der Waals surface area contributed by atoms with Crippen molar-refractivity contribution in [1.82, 2.24) is 10.3 Å². The van der Waals surface area contributed by atoms with E-state index < -0.39 is 0 Å². The lowest BCUT2D eigenvalue weighted by molar-refractivity contribution is 0.0600. The normalized spacial score (nSPS) is 19.9. The summed E-state index contributed by atoms with van der Waals surface area (Å²) in [5.74, 6) is 0.394. The first kappa shape index (κ1) is 12.8. The Labute approximate surface area is 107 Å². The predicted molar refractivity (Wildman–Crippen MR) is 69.7 cm³/mol. The van der Waals surface area contributed by atoms with Crippen LogP contribution in [-0.2, 0) is 4.74 Å². The highest BCUT2D eigenvalue weighted by Gasteiger charge is 2.13. The predicted octanol–water partition coefficient (Wildman–Crippen LogP) is 1.42. The zero-order valence-corrected chi connectivity index (χ0v) is 10.6. The van der Waals surface area contributed by atoms with Gasteiger partial charge < -0.3 is 15.4 Å². The van der Waals surface area contributed by atoms with Gasteiger partial charge in [0.2, 0.25) is 0 Å². The number of pyridine rings is 1. The van der Waals surface area contributed by atoms with Crippen molar-refractivity contribution in [2.24, 2.45) is 0 Å². The number of nitrogens with zero attached hydrogens (tertiary/aromatic N) is 1. The van der Waals surface area contributed by atoms with Crippen LogP contribution in [0.3, 0.4) is 0 Å². The fraction of sp³-hybridized carbons (Fsp3) is 0.538. The van der Waals surface area contributed by atoms with Crippen molar-refractivity contribution in [2.75, 3.05) is 25.5 Å². The van der Waals surface area contributed by atoms with Crippen molar-refractivity contribution in [3.05, 3.63) is 23.9 Å². The van der Waals surface area contributed by atoms with Crippen molar-refractivity contribution < 1.29 is 9.53 Å². The van der Waals surface area contributed by atoms with Crippen LogP contribution in [0.4, 0.5) is 5.82 Å². The van der Waals surface area contributed by atoms with Crippen LogP contribution in [0.25, 0.3) is 0 Å². The summed E-state index contributed by atoms with van der Waals surface area (Å²) in [6.45, 7) is 2.01. The molecule has 2 heterocycles. The van der Waals surface area contributed by atoms with E-state index in [1.54, 1.807) is 18.3 Å². The molecule has 1 saturated heterocycles. The highest BCUT2D eigenvalue weighted by atomic mass is 16.5. The molecule has 2 rings (SSSR count). The van der Waals surface area contributed by atoms with Gasteiger partial charge >= 0.3 is 5.97 Å². The van der Waals surface area contributed by atoms with Crippen molar-refractivity contribution in [3.8, 4) is 0 Å². The van der Waals surface area contributed by atoms with E-state index in [1.807, 2.05) is 0 Å². The molecular weight excluding hydrogens is 230 g/mol. The van der Waals surface area contributed by atoms with Gasteiger partial charge in [-0.3, -0.25) is 0 Å². The van der Waals surface area contributed by atoms with Crippen LogP contribution in [0.5, 0.6) is 0 Å². The van der Waals surface area contributed by atoms with Gasteiger partial charge in [0.05, 0.1) is 12.7 Å². The fourth-order valence-electron chi connectivity index (χ4n) is 2.11. The Morgan fingerprint density at radius 3 is 3.28 bits per heavy atom. The van der Waals surface area contributed by atoms with Crippen LogP contribution in [0.1, 0.15) is 29.6 Å². The lowest BCUT2D eigenvalue weighted by Crippen LogP contribution is -2.31. The molecule has 18 heavy (non-hydrogen) atoms. The average molecular weight is 249 g/mol. The van der Waals surface area contributed by atoms with Crippen molar-refractivity contribution in [1.29, 1.82) is 0 Å². The maximum absolute atomic E-state index is 11.4. The first-order valence-electron chi connectivity index (χ1n) is 6.31. The van der Waals surface area contributed by atoms with Gasteiger partial charge in [-0.25, -0.2) is 9.78 Å². The largest absolute Gasteiger partial charge is 0.465 e. The number of aromatic nitrogens is 1. The molecule has 1 aliphatic rings. The van der Waals surface area contributed by atoms with Crippen LogP contribution >= 0.6 is 0 Å². The quantitative estimate of drug-likeness (QED) is 0.793. The molecule has 1 atom stereocenters. The van der Waals surface area contributed by atoms with Crippen molar-refractivity contribution in [3.63, 3.8) is 0 Å². The molecule has 1 aromatic heterocycles. The number of rotatable bonds is 3. The van der Waals surface area contributed by atoms with Gasteiger partial charge in [-0.1, -0.05) is 6.42 Å². The summed E-state index contributed by atoms with van der Waals surface area (Å²) in [4.78, 5) is 15.7. The van der Waals surface area contributed by atoms with Gasteiger partial charge in [0.1, 0.15) is 5.82 Å². The highest BCUT2D eigenvalue weighted by molar-refractivity contribution is 5.89. The summed E-state index contributed by atoms with van der Waals surface area (Å²) in [5.41, 5.74) is 0.525. The first-order valence-corrected chi connectivity index (χ1v) is 6.31. The second-order valence-electron chi connectivity index (χ2n) is 4.46. The van der Waals surface area contributed by atoms with Crippen molar-refractivity contribution in [2.45, 2.75) is 25.3 Å². The molecule has 0 aromatic carbocycles. The summed E-state index contributed by atoms with van der Waals surface area (Å²) in [5, 5.41) is 6.74. The minimum absolute atomic E-state index is 0.334. The van der Waals surface area contributed by atoms with Crippen LogP contribution in [0, 0.1) is 0 Å². The summed E-state index contributed by atoms with van der Waals surface area (Å²) in [6, 6.07) is 3.76. The Hall–Kier alpha value is -1.62. The Bertz CT molecular complexity index is 401. The van der Waals surface area contributed by atoms with Gasteiger partial charge in [0, 0.05) is 18.8 Å².